The Morgan fingerprint density at radius 2 is 1.26 bits per heavy atom. The van der Waals surface area contributed by atoms with E-state index in [0.29, 0.717) is 17.6 Å². The van der Waals surface area contributed by atoms with Gasteiger partial charge in [-0.25, -0.2) is 14.6 Å². The third-order valence-corrected chi connectivity index (χ3v) is 5.07. The molecule has 4 aromatic rings. The molecule has 0 bridgehead atoms. The molecule has 0 radical (unpaired) electrons. The summed E-state index contributed by atoms with van der Waals surface area (Å²) in [6.45, 7) is 3.57. The average molecular weight is 478 g/mol. The summed E-state index contributed by atoms with van der Waals surface area (Å²) in [5.41, 5.74) is -1.98. The van der Waals surface area contributed by atoms with Crippen molar-refractivity contribution in [3.05, 3.63) is 83.8 Å². The summed E-state index contributed by atoms with van der Waals surface area (Å²) in [7, 11) is 0. The summed E-state index contributed by atoms with van der Waals surface area (Å²) >= 11 is 0. The zero-order chi connectivity index (χ0) is 24.7. The molecule has 0 aromatic carbocycles. The lowest BCUT2D eigenvalue weighted by molar-refractivity contribution is -0.142. The lowest BCUT2D eigenvalue weighted by Crippen LogP contribution is -2.23. The topological polar surface area (TPSA) is 69.4 Å². The van der Waals surface area contributed by atoms with Gasteiger partial charge >= 0.3 is 12.4 Å². The van der Waals surface area contributed by atoms with Crippen LogP contribution < -0.4 is 0 Å². The van der Waals surface area contributed by atoms with E-state index in [-0.39, 0.29) is 17.2 Å². The first-order valence-corrected chi connectivity index (χ1v) is 9.83. The van der Waals surface area contributed by atoms with Gasteiger partial charge in [0, 0.05) is 11.6 Å². The van der Waals surface area contributed by atoms with Gasteiger partial charge in [0.05, 0.1) is 29.5 Å². The molecule has 6 nitrogen and oxygen atoms in total. The second-order valence-electron chi connectivity index (χ2n) is 7.84. The van der Waals surface area contributed by atoms with Gasteiger partial charge in [-0.2, -0.15) is 31.4 Å². The highest BCUT2D eigenvalue weighted by Crippen LogP contribution is 2.32. The molecule has 0 fully saturated rings. The molecule has 0 unspecified atom stereocenters. The van der Waals surface area contributed by atoms with Crippen LogP contribution in [0.1, 0.15) is 36.6 Å². The van der Waals surface area contributed by atoms with E-state index in [1.54, 1.807) is 38.1 Å². The fourth-order valence-electron chi connectivity index (χ4n) is 3.18. The SMILES string of the molecule is CC(C)(c1cccc(-c2cncc(C(F)(F)F)n2)n1)c1cccc(-n2ccc(C(F)(F)F)n2)n1. The van der Waals surface area contributed by atoms with Crippen LogP contribution in [-0.4, -0.2) is 29.7 Å². The minimum absolute atomic E-state index is 0.0505. The Kier molecular flexibility index (Phi) is 5.62. The van der Waals surface area contributed by atoms with Crippen LogP contribution in [0.3, 0.4) is 0 Å². The molecular weight excluding hydrogens is 462 g/mol. The minimum atomic E-state index is -4.65. The fourth-order valence-corrected chi connectivity index (χ4v) is 3.18. The molecule has 0 saturated heterocycles. The fraction of sp³-hybridized carbons (Fsp3) is 0.227. The number of alkyl halides is 6. The van der Waals surface area contributed by atoms with Gasteiger partial charge in [0.15, 0.2) is 17.2 Å². The first kappa shape index (κ1) is 23.3. The van der Waals surface area contributed by atoms with Crippen molar-refractivity contribution in [3.8, 4) is 17.2 Å². The standard InChI is InChI=1S/C22H16F6N6/c1-20(2,16-7-4-8-19(32-16)34-10-9-17(33-34)21(23,24)25)15-6-3-5-13(30-15)14-11-29-12-18(31-14)22(26,27)28/h3-12H,1-2H3. The van der Waals surface area contributed by atoms with Crippen LogP contribution >= 0.6 is 0 Å². The average Bonchev–Trinajstić information content (AvgIpc) is 3.30. The maximum absolute atomic E-state index is 13.0. The van der Waals surface area contributed by atoms with Gasteiger partial charge in [-0.05, 0) is 44.2 Å². The highest BCUT2D eigenvalue weighted by Gasteiger charge is 2.35. The van der Waals surface area contributed by atoms with E-state index in [2.05, 4.69) is 25.0 Å². The maximum Gasteiger partial charge on any atom is 0.435 e. The molecule has 4 heterocycles. The summed E-state index contributed by atoms with van der Waals surface area (Å²) in [6.07, 6.45) is -6.26. The summed E-state index contributed by atoms with van der Waals surface area (Å²) in [5.74, 6) is 0.168. The Bertz CT molecular complexity index is 1330. The number of pyridine rings is 2. The van der Waals surface area contributed by atoms with E-state index >= 15 is 0 Å². The van der Waals surface area contributed by atoms with Crippen molar-refractivity contribution < 1.29 is 26.3 Å². The Morgan fingerprint density at radius 1 is 0.647 bits per heavy atom. The van der Waals surface area contributed by atoms with Gasteiger partial charge < -0.3 is 0 Å². The van der Waals surface area contributed by atoms with Crippen LogP contribution in [0.25, 0.3) is 17.2 Å². The maximum atomic E-state index is 13.0. The number of halogens is 6. The van der Waals surface area contributed by atoms with E-state index in [1.807, 2.05) is 0 Å². The molecule has 0 aliphatic rings. The molecule has 0 aliphatic heterocycles. The number of aromatic nitrogens is 6. The van der Waals surface area contributed by atoms with Crippen LogP contribution in [0.5, 0.6) is 0 Å². The Labute approximate surface area is 189 Å². The van der Waals surface area contributed by atoms with E-state index in [1.165, 1.54) is 18.3 Å². The van der Waals surface area contributed by atoms with Gasteiger partial charge in [-0.3, -0.25) is 9.97 Å². The highest BCUT2D eigenvalue weighted by atomic mass is 19.4. The van der Waals surface area contributed by atoms with E-state index < -0.39 is 29.2 Å². The summed E-state index contributed by atoms with van der Waals surface area (Å²) in [5, 5.41) is 3.54. The second-order valence-corrected chi connectivity index (χ2v) is 7.84. The molecular formula is C22H16F6N6. The first-order chi connectivity index (χ1) is 15.9. The Morgan fingerprint density at radius 3 is 1.91 bits per heavy atom. The summed E-state index contributed by atoms with van der Waals surface area (Å²) in [6, 6.07) is 10.5. The highest BCUT2D eigenvalue weighted by molar-refractivity contribution is 5.54. The van der Waals surface area contributed by atoms with Gasteiger partial charge in [0.25, 0.3) is 0 Å². The number of rotatable bonds is 4. The summed E-state index contributed by atoms with van der Waals surface area (Å²) < 4.78 is 78.8. The molecule has 0 saturated carbocycles. The van der Waals surface area contributed by atoms with Gasteiger partial charge in [-0.15, -0.1) is 0 Å². The van der Waals surface area contributed by atoms with Crippen LogP contribution in [0.2, 0.25) is 0 Å². The van der Waals surface area contributed by atoms with Crippen molar-refractivity contribution in [1.82, 2.24) is 29.7 Å². The van der Waals surface area contributed by atoms with E-state index in [0.717, 1.165) is 16.9 Å². The van der Waals surface area contributed by atoms with Crippen LogP contribution in [0.4, 0.5) is 26.3 Å². The normalized spacial score (nSPS) is 12.7. The first-order valence-electron chi connectivity index (χ1n) is 9.83. The van der Waals surface area contributed by atoms with E-state index in [4.69, 9.17) is 0 Å². The molecule has 4 aromatic heterocycles. The number of nitrogens with zero attached hydrogens (tertiary/aromatic N) is 6. The van der Waals surface area contributed by atoms with Gasteiger partial charge in [0.2, 0.25) is 0 Å². The largest absolute Gasteiger partial charge is 0.435 e. The van der Waals surface area contributed by atoms with Gasteiger partial charge in [-0.1, -0.05) is 12.1 Å². The van der Waals surface area contributed by atoms with Crippen molar-refractivity contribution >= 4 is 0 Å². The number of hydrogen-bond donors (Lipinski definition) is 0. The van der Waals surface area contributed by atoms with Crippen molar-refractivity contribution in [2.75, 3.05) is 0 Å². The van der Waals surface area contributed by atoms with Gasteiger partial charge in [0.1, 0.15) is 5.69 Å². The second kappa shape index (κ2) is 8.19. The van der Waals surface area contributed by atoms with Crippen molar-refractivity contribution in [2.45, 2.75) is 31.6 Å². The molecule has 0 aliphatic carbocycles. The third-order valence-electron chi connectivity index (χ3n) is 5.07. The zero-order valence-electron chi connectivity index (χ0n) is 17.7. The van der Waals surface area contributed by atoms with E-state index in [9.17, 15) is 26.3 Å². The predicted octanol–water partition coefficient (Wildman–Crippen LogP) is 5.48. The number of hydrogen-bond acceptors (Lipinski definition) is 5. The lowest BCUT2D eigenvalue weighted by atomic mass is 9.84. The monoisotopic (exact) mass is 478 g/mol. The predicted molar refractivity (Wildman–Crippen MR) is 109 cm³/mol. The smallest absolute Gasteiger partial charge is 0.260 e. The molecule has 0 amide bonds. The molecule has 0 spiro atoms. The molecule has 4 rings (SSSR count). The Hall–Kier alpha value is -3.83. The molecule has 12 heteroatoms. The van der Waals surface area contributed by atoms with Crippen molar-refractivity contribution in [2.24, 2.45) is 0 Å². The quantitative estimate of drug-likeness (QED) is 0.363. The van der Waals surface area contributed by atoms with Crippen molar-refractivity contribution in [3.63, 3.8) is 0 Å². The molecule has 0 atom stereocenters. The third kappa shape index (κ3) is 4.61. The summed E-state index contributed by atoms with van der Waals surface area (Å²) in [4.78, 5) is 16.2. The Balaban J connectivity index is 1.70. The van der Waals surface area contributed by atoms with Crippen LogP contribution in [-0.2, 0) is 17.8 Å². The molecule has 34 heavy (non-hydrogen) atoms. The van der Waals surface area contributed by atoms with Crippen molar-refractivity contribution in [1.29, 1.82) is 0 Å². The van der Waals surface area contributed by atoms with Crippen LogP contribution in [0.15, 0.2) is 61.1 Å². The molecule has 176 valence electrons. The minimum Gasteiger partial charge on any atom is -0.260 e. The van der Waals surface area contributed by atoms with Crippen LogP contribution in [0, 0.1) is 0 Å². The molecule has 0 N–H and O–H groups in total. The zero-order valence-corrected chi connectivity index (χ0v) is 17.7. The lowest BCUT2D eigenvalue weighted by Gasteiger charge is -2.24.